The minimum atomic E-state index is -1.33. The molecule has 0 bridgehead atoms. The number of halogens is 1. The standard InChI is InChI=1S/C33H32BrN3O5S/c1-42-31-20-23(28(34)22-27(31)33(39)40)21-32(38)37(30-13-7-6-12-29(30)36-18-8-3-9-19-36)35-24-14-16-26(17-15-24)43(41)25-10-4-2-5-11-25/h2,4-7,10-17,20,22,35H,3,8-9,18-19,21H2,1H3,(H,39,40). The summed E-state index contributed by atoms with van der Waals surface area (Å²) in [6.45, 7) is 1.80. The molecule has 1 heterocycles. The average molecular weight is 663 g/mol. The van der Waals surface area contributed by atoms with Crippen LogP contribution in [0.25, 0.3) is 0 Å². The molecule has 0 radical (unpaired) electrons. The summed E-state index contributed by atoms with van der Waals surface area (Å²) in [5.74, 6) is -1.20. The van der Waals surface area contributed by atoms with Gasteiger partial charge in [-0.3, -0.25) is 10.2 Å². The Balaban J connectivity index is 1.48. The molecule has 0 aliphatic carbocycles. The van der Waals surface area contributed by atoms with Crippen molar-refractivity contribution in [2.24, 2.45) is 0 Å². The minimum absolute atomic E-state index is 0.00368. The van der Waals surface area contributed by atoms with Crippen molar-refractivity contribution >= 4 is 56.0 Å². The van der Waals surface area contributed by atoms with Crippen molar-refractivity contribution in [3.8, 4) is 5.75 Å². The van der Waals surface area contributed by atoms with E-state index in [0.29, 0.717) is 31.2 Å². The number of amides is 1. The van der Waals surface area contributed by atoms with Crippen molar-refractivity contribution in [2.75, 3.05) is 35.5 Å². The van der Waals surface area contributed by atoms with Crippen LogP contribution < -0.4 is 20.1 Å². The second kappa shape index (κ2) is 14.0. The molecule has 1 aliphatic rings. The Kier molecular flexibility index (Phi) is 9.91. The molecular formula is C33H32BrN3O5S. The summed E-state index contributed by atoms with van der Waals surface area (Å²) in [6.07, 6.45) is 3.31. The van der Waals surface area contributed by atoms with Gasteiger partial charge in [0.05, 0.1) is 30.6 Å². The number of benzene rings is 4. The fourth-order valence-electron chi connectivity index (χ4n) is 5.08. The molecule has 4 aromatic rings. The zero-order chi connectivity index (χ0) is 30.3. The van der Waals surface area contributed by atoms with E-state index in [-0.39, 0.29) is 23.6 Å². The number of anilines is 3. The van der Waals surface area contributed by atoms with E-state index >= 15 is 0 Å². The number of ether oxygens (including phenoxy) is 1. The quantitative estimate of drug-likeness (QED) is 0.140. The first kappa shape index (κ1) is 30.5. The number of carboxylic acids is 1. The van der Waals surface area contributed by atoms with Crippen molar-refractivity contribution < 1.29 is 24.0 Å². The highest BCUT2D eigenvalue weighted by Crippen LogP contribution is 2.34. The third kappa shape index (κ3) is 7.15. The number of para-hydroxylation sites is 2. The van der Waals surface area contributed by atoms with Gasteiger partial charge in [0.25, 0.3) is 0 Å². The maximum Gasteiger partial charge on any atom is 0.339 e. The number of nitrogens with zero attached hydrogens (tertiary/aromatic N) is 2. The molecule has 8 nitrogen and oxygen atoms in total. The molecule has 1 atom stereocenters. The number of methoxy groups -OCH3 is 1. The number of hydrogen-bond acceptors (Lipinski definition) is 6. The van der Waals surface area contributed by atoms with Crippen LogP contribution in [0.4, 0.5) is 17.1 Å². The number of carboxylic acid groups (broad SMARTS) is 1. The van der Waals surface area contributed by atoms with Gasteiger partial charge in [-0.2, -0.15) is 0 Å². The van der Waals surface area contributed by atoms with Crippen LogP contribution in [0.5, 0.6) is 5.75 Å². The van der Waals surface area contributed by atoms with Gasteiger partial charge in [0.2, 0.25) is 5.91 Å². The first-order valence-electron chi connectivity index (χ1n) is 14.0. The van der Waals surface area contributed by atoms with E-state index in [9.17, 15) is 19.2 Å². The molecule has 4 aromatic carbocycles. The lowest BCUT2D eigenvalue weighted by atomic mass is 10.1. The fourth-order valence-corrected chi connectivity index (χ4v) is 6.63. The Morgan fingerprint density at radius 1 is 0.953 bits per heavy atom. The van der Waals surface area contributed by atoms with Gasteiger partial charge in [-0.1, -0.05) is 46.3 Å². The number of rotatable bonds is 10. The van der Waals surface area contributed by atoms with E-state index in [0.717, 1.165) is 31.6 Å². The smallest absolute Gasteiger partial charge is 0.339 e. The maximum atomic E-state index is 14.1. The van der Waals surface area contributed by atoms with Gasteiger partial charge in [-0.05, 0) is 85.5 Å². The van der Waals surface area contributed by atoms with Crippen molar-refractivity contribution in [3.05, 3.63) is 107 Å². The molecule has 222 valence electrons. The lowest BCUT2D eigenvalue weighted by Crippen LogP contribution is -2.39. The van der Waals surface area contributed by atoms with Gasteiger partial charge in [0, 0.05) is 28.7 Å². The molecule has 1 unspecified atom stereocenters. The molecule has 0 saturated carbocycles. The molecule has 0 aromatic heterocycles. The molecule has 0 spiro atoms. The molecule has 1 amide bonds. The summed E-state index contributed by atoms with van der Waals surface area (Å²) in [5.41, 5.74) is 6.18. The largest absolute Gasteiger partial charge is 0.606 e. The SMILES string of the molecule is COc1cc(CC(=O)N(Nc2ccc([S+]([O-])c3ccccc3)cc2)c2ccccc2N2CCCCC2)c(Br)cc1C(=O)O. The van der Waals surface area contributed by atoms with Crippen LogP contribution in [0.1, 0.15) is 35.2 Å². The molecular weight excluding hydrogens is 630 g/mol. The molecule has 1 saturated heterocycles. The number of hydrazine groups is 1. The Morgan fingerprint density at radius 2 is 1.60 bits per heavy atom. The van der Waals surface area contributed by atoms with Crippen molar-refractivity contribution in [1.29, 1.82) is 0 Å². The monoisotopic (exact) mass is 661 g/mol. The third-order valence-corrected chi connectivity index (χ3v) is 9.41. The Bertz CT molecular complexity index is 1580. The number of carbonyl (C=O) groups is 2. The van der Waals surface area contributed by atoms with Crippen molar-refractivity contribution in [2.45, 2.75) is 35.5 Å². The lowest BCUT2D eigenvalue weighted by molar-refractivity contribution is -0.117. The number of nitrogens with one attached hydrogen (secondary N) is 1. The summed E-state index contributed by atoms with van der Waals surface area (Å²) in [6, 6.07) is 27.3. The lowest BCUT2D eigenvalue weighted by Gasteiger charge is -2.34. The van der Waals surface area contributed by atoms with Gasteiger partial charge < -0.3 is 19.3 Å². The highest BCUT2D eigenvalue weighted by Gasteiger charge is 2.25. The topological polar surface area (TPSA) is 105 Å². The zero-order valence-corrected chi connectivity index (χ0v) is 26.1. The summed E-state index contributed by atoms with van der Waals surface area (Å²) in [5, 5.41) is 11.1. The van der Waals surface area contributed by atoms with Crippen LogP contribution in [0, 0.1) is 0 Å². The van der Waals surface area contributed by atoms with Crippen LogP contribution in [-0.4, -0.2) is 41.7 Å². The van der Waals surface area contributed by atoms with Gasteiger partial charge >= 0.3 is 5.97 Å². The van der Waals surface area contributed by atoms with Gasteiger partial charge in [-0.25, -0.2) is 9.80 Å². The van der Waals surface area contributed by atoms with Gasteiger partial charge in [-0.15, -0.1) is 0 Å². The summed E-state index contributed by atoms with van der Waals surface area (Å²) in [4.78, 5) is 29.5. The van der Waals surface area contributed by atoms with E-state index < -0.39 is 17.1 Å². The summed E-state index contributed by atoms with van der Waals surface area (Å²) >= 11 is 2.12. The Morgan fingerprint density at radius 3 is 2.28 bits per heavy atom. The second-order valence-electron chi connectivity index (χ2n) is 10.1. The van der Waals surface area contributed by atoms with Crippen LogP contribution >= 0.6 is 15.9 Å². The predicted molar refractivity (Wildman–Crippen MR) is 173 cm³/mol. The van der Waals surface area contributed by atoms with Crippen molar-refractivity contribution in [3.63, 3.8) is 0 Å². The predicted octanol–water partition coefficient (Wildman–Crippen LogP) is 6.92. The summed E-state index contributed by atoms with van der Waals surface area (Å²) in [7, 11) is 1.40. The Labute approximate surface area is 262 Å². The molecule has 2 N–H and O–H groups in total. The van der Waals surface area contributed by atoms with Crippen LogP contribution in [0.15, 0.2) is 105 Å². The second-order valence-corrected chi connectivity index (χ2v) is 12.4. The van der Waals surface area contributed by atoms with E-state index in [1.807, 2.05) is 54.6 Å². The number of hydrogen-bond donors (Lipinski definition) is 2. The average Bonchev–Trinajstić information content (AvgIpc) is 3.05. The first-order valence-corrected chi connectivity index (χ1v) is 15.9. The minimum Gasteiger partial charge on any atom is -0.606 e. The molecule has 10 heteroatoms. The van der Waals surface area contributed by atoms with Gasteiger partial charge in [0.15, 0.2) is 9.79 Å². The highest BCUT2D eigenvalue weighted by atomic mass is 79.9. The van der Waals surface area contributed by atoms with Gasteiger partial charge in [0.1, 0.15) is 11.3 Å². The van der Waals surface area contributed by atoms with E-state index in [4.69, 9.17) is 4.74 Å². The first-order chi connectivity index (χ1) is 20.9. The van der Waals surface area contributed by atoms with E-state index in [2.05, 4.69) is 26.3 Å². The Hall–Kier alpha value is -3.99. The van der Waals surface area contributed by atoms with Crippen LogP contribution in [0.2, 0.25) is 0 Å². The van der Waals surface area contributed by atoms with E-state index in [1.54, 1.807) is 30.3 Å². The van der Waals surface area contributed by atoms with Crippen LogP contribution in [-0.2, 0) is 22.4 Å². The maximum absolute atomic E-state index is 14.1. The summed E-state index contributed by atoms with van der Waals surface area (Å²) < 4.78 is 18.9. The number of aromatic carboxylic acids is 1. The van der Waals surface area contributed by atoms with E-state index in [1.165, 1.54) is 24.6 Å². The number of carbonyl (C=O) groups excluding carboxylic acids is 1. The molecule has 1 fully saturated rings. The molecule has 1 aliphatic heterocycles. The number of piperidine rings is 1. The normalized spacial score (nSPS) is 13.7. The molecule has 43 heavy (non-hydrogen) atoms. The zero-order valence-electron chi connectivity index (χ0n) is 23.7. The van der Waals surface area contributed by atoms with Crippen LogP contribution in [0.3, 0.4) is 0 Å². The highest BCUT2D eigenvalue weighted by molar-refractivity contribution is 9.10. The fraction of sp³-hybridized carbons (Fsp3) is 0.212. The third-order valence-electron chi connectivity index (χ3n) is 7.28. The molecule has 5 rings (SSSR count). The van der Waals surface area contributed by atoms with Crippen molar-refractivity contribution in [1.82, 2.24) is 0 Å².